The van der Waals surface area contributed by atoms with Crippen LogP contribution in [0.4, 0.5) is 9.93 Å². The number of thiazole rings is 1. The molecule has 1 saturated heterocycles. The Kier molecular flexibility index (Phi) is 2.78. The fraction of sp³-hybridized carbons (Fsp3) is 0.286. The SMILES string of the molecule is CC1(C)COC(=O)N1c1nc(-c2cc[c]cc2)cs1. The van der Waals surface area contributed by atoms with Gasteiger partial charge >= 0.3 is 6.09 Å². The van der Waals surface area contributed by atoms with Gasteiger partial charge in [0.15, 0.2) is 5.13 Å². The van der Waals surface area contributed by atoms with Gasteiger partial charge in [-0.3, -0.25) is 0 Å². The standard InChI is InChI=1S/C14H13N2O2S/c1-14(2)9-18-13(17)16(14)12-15-11(8-19-12)10-6-4-3-5-7-10/h4-8H,9H2,1-2H3. The van der Waals surface area contributed by atoms with Crippen molar-refractivity contribution in [1.82, 2.24) is 4.98 Å². The van der Waals surface area contributed by atoms with Gasteiger partial charge in [0.2, 0.25) is 0 Å². The molecule has 1 aliphatic rings. The zero-order valence-corrected chi connectivity index (χ0v) is 11.5. The number of carbonyl (C=O) groups excluding carboxylic acids is 1. The monoisotopic (exact) mass is 273 g/mol. The van der Waals surface area contributed by atoms with Crippen molar-refractivity contribution in [2.75, 3.05) is 11.5 Å². The van der Waals surface area contributed by atoms with E-state index in [1.807, 2.05) is 43.5 Å². The van der Waals surface area contributed by atoms with E-state index in [0.717, 1.165) is 11.3 Å². The molecule has 97 valence electrons. The molecule has 3 rings (SSSR count). The lowest BCUT2D eigenvalue weighted by atomic mass is 10.1. The summed E-state index contributed by atoms with van der Waals surface area (Å²) in [7, 11) is 0. The van der Waals surface area contributed by atoms with Crippen LogP contribution >= 0.6 is 11.3 Å². The van der Waals surface area contributed by atoms with Crippen LogP contribution < -0.4 is 4.90 Å². The molecule has 1 aromatic heterocycles. The number of amides is 1. The predicted octanol–water partition coefficient (Wildman–Crippen LogP) is 3.35. The average Bonchev–Trinajstić information content (AvgIpc) is 2.96. The quantitative estimate of drug-likeness (QED) is 0.842. The summed E-state index contributed by atoms with van der Waals surface area (Å²) in [5.74, 6) is 0. The number of hydrogen-bond acceptors (Lipinski definition) is 4. The lowest BCUT2D eigenvalue weighted by Crippen LogP contribution is -2.42. The Hall–Kier alpha value is -1.88. The smallest absolute Gasteiger partial charge is 0.416 e. The zero-order valence-electron chi connectivity index (χ0n) is 10.7. The summed E-state index contributed by atoms with van der Waals surface area (Å²) >= 11 is 1.45. The first-order valence-corrected chi connectivity index (χ1v) is 6.85. The Morgan fingerprint density at radius 2 is 2.16 bits per heavy atom. The Morgan fingerprint density at radius 1 is 1.42 bits per heavy atom. The maximum Gasteiger partial charge on any atom is 0.416 e. The van der Waals surface area contributed by atoms with Crippen molar-refractivity contribution in [1.29, 1.82) is 0 Å². The Balaban J connectivity index is 1.96. The average molecular weight is 273 g/mol. The van der Waals surface area contributed by atoms with Gasteiger partial charge in [0.25, 0.3) is 0 Å². The lowest BCUT2D eigenvalue weighted by molar-refractivity contribution is 0.175. The van der Waals surface area contributed by atoms with Crippen LogP contribution in [0, 0.1) is 6.07 Å². The first-order chi connectivity index (χ1) is 9.08. The Bertz CT molecular complexity index is 607. The van der Waals surface area contributed by atoms with Crippen LogP contribution in [0.25, 0.3) is 11.3 Å². The predicted molar refractivity (Wildman–Crippen MR) is 74.3 cm³/mol. The van der Waals surface area contributed by atoms with E-state index in [-0.39, 0.29) is 11.6 Å². The summed E-state index contributed by atoms with van der Waals surface area (Å²) in [5.41, 5.74) is 1.53. The Labute approximate surface area is 115 Å². The third-order valence-corrected chi connectivity index (χ3v) is 3.86. The van der Waals surface area contributed by atoms with E-state index < -0.39 is 0 Å². The van der Waals surface area contributed by atoms with Crippen molar-refractivity contribution in [2.45, 2.75) is 19.4 Å². The van der Waals surface area contributed by atoms with Crippen LogP contribution in [0.15, 0.2) is 29.6 Å². The number of carbonyl (C=O) groups is 1. The van der Waals surface area contributed by atoms with Gasteiger partial charge < -0.3 is 4.74 Å². The molecule has 0 aliphatic carbocycles. The van der Waals surface area contributed by atoms with Crippen LogP contribution in [-0.4, -0.2) is 23.2 Å². The molecular formula is C14H13N2O2S. The van der Waals surface area contributed by atoms with E-state index in [1.165, 1.54) is 11.3 Å². The van der Waals surface area contributed by atoms with Crippen molar-refractivity contribution < 1.29 is 9.53 Å². The summed E-state index contributed by atoms with van der Waals surface area (Å²) in [6.45, 7) is 4.33. The van der Waals surface area contributed by atoms with E-state index in [4.69, 9.17) is 4.74 Å². The molecule has 0 bridgehead atoms. The molecule has 1 aliphatic heterocycles. The van der Waals surface area contributed by atoms with Gasteiger partial charge in [-0.05, 0) is 19.9 Å². The highest BCUT2D eigenvalue weighted by Crippen LogP contribution is 2.34. The fourth-order valence-electron chi connectivity index (χ4n) is 2.01. The normalized spacial score (nSPS) is 17.6. The maximum absolute atomic E-state index is 11.8. The summed E-state index contributed by atoms with van der Waals surface area (Å²) in [5, 5.41) is 2.63. The second kappa shape index (κ2) is 4.35. The van der Waals surface area contributed by atoms with Gasteiger partial charge in [0.1, 0.15) is 6.61 Å². The van der Waals surface area contributed by atoms with E-state index in [2.05, 4.69) is 11.1 Å². The highest BCUT2D eigenvalue weighted by molar-refractivity contribution is 7.14. The summed E-state index contributed by atoms with van der Waals surface area (Å²) < 4.78 is 5.10. The minimum atomic E-state index is -0.351. The van der Waals surface area contributed by atoms with Gasteiger partial charge in [0.05, 0.1) is 11.2 Å². The van der Waals surface area contributed by atoms with Gasteiger partial charge in [0, 0.05) is 10.9 Å². The van der Waals surface area contributed by atoms with Gasteiger partial charge in [-0.2, -0.15) is 0 Å². The van der Waals surface area contributed by atoms with Crippen LogP contribution in [-0.2, 0) is 4.74 Å². The van der Waals surface area contributed by atoms with E-state index >= 15 is 0 Å². The van der Waals surface area contributed by atoms with Crippen molar-refractivity contribution in [2.24, 2.45) is 0 Å². The van der Waals surface area contributed by atoms with Gasteiger partial charge in [-0.1, -0.05) is 24.3 Å². The molecule has 1 amide bonds. The van der Waals surface area contributed by atoms with Crippen molar-refractivity contribution in [3.8, 4) is 11.3 Å². The summed E-state index contributed by atoms with van der Waals surface area (Å²) in [4.78, 5) is 18.0. The molecule has 4 nitrogen and oxygen atoms in total. The number of anilines is 1. The van der Waals surface area contributed by atoms with Crippen molar-refractivity contribution in [3.63, 3.8) is 0 Å². The fourth-order valence-corrected chi connectivity index (χ4v) is 2.99. The van der Waals surface area contributed by atoms with Crippen molar-refractivity contribution >= 4 is 22.6 Å². The van der Waals surface area contributed by atoms with Crippen LogP contribution in [0.1, 0.15) is 13.8 Å². The summed E-state index contributed by atoms with van der Waals surface area (Å²) in [6, 6.07) is 10.6. The molecular weight excluding hydrogens is 260 g/mol. The maximum atomic E-state index is 11.8. The molecule has 0 unspecified atom stereocenters. The van der Waals surface area contributed by atoms with E-state index in [0.29, 0.717) is 11.7 Å². The van der Waals surface area contributed by atoms with Crippen molar-refractivity contribution in [3.05, 3.63) is 35.7 Å². The minimum Gasteiger partial charge on any atom is -0.447 e. The number of hydrogen-bond donors (Lipinski definition) is 0. The minimum absolute atomic E-state index is 0.327. The molecule has 2 aromatic rings. The van der Waals surface area contributed by atoms with Crippen LogP contribution in [0.2, 0.25) is 0 Å². The second-order valence-corrected chi connectivity index (χ2v) is 5.84. The number of aromatic nitrogens is 1. The molecule has 0 spiro atoms. The van der Waals surface area contributed by atoms with Gasteiger partial charge in [-0.25, -0.2) is 14.7 Å². The molecule has 0 saturated carbocycles. The summed E-state index contributed by atoms with van der Waals surface area (Å²) in [6.07, 6.45) is -0.327. The number of rotatable bonds is 2. The molecule has 1 radical (unpaired) electrons. The number of ether oxygens (including phenoxy) is 1. The molecule has 0 atom stereocenters. The number of benzene rings is 1. The topological polar surface area (TPSA) is 42.4 Å². The molecule has 19 heavy (non-hydrogen) atoms. The molecule has 1 fully saturated rings. The number of nitrogens with zero attached hydrogens (tertiary/aromatic N) is 2. The third-order valence-electron chi connectivity index (χ3n) is 3.03. The highest BCUT2D eigenvalue weighted by atomic mass is 32.1. The molecule has 2 heterocycles. The van der Waals surface area contributed by atoms with E-state index in [1.54, 1.807) is 4.90 Å². The third kappa shape index (κ3) is 2.10. The number of cyclic esters (lactones) is 1. The van der Waals surface area contributed by atoms with E-state index in [9.17, 15) is 4.79 Å². The highest BCUT2D eigenvalue weighted by Gasteiger charge is 2.42. The first-order valence-electron chi connectivity index (χ1n) is 5.97. The Morgan fingerprint density at radius 3 is 2.79 bits per heavy atom. The largest absolute Gasteiger partial charge is 0.447 e. The van der Waals surface area contributed by atoms with Gasteiger partial charge in [-0.15, -0.1) is 11.3 Å². The van der Waals surface area contributed by atoms with Crippen LogP contribution in [0.5, 0.6) is 0 Å². The zero-order chi connectivity index (χ0) is 13.5. The lowest BCUT2D eigenvalue weighted by Gasteiger charge is -2.24. The second-order valence-electron chi connectivity index (χ2n) is 5.01. The molecule has 5 heteroatoms. The first kappa shape index (κ1) is 12.2. The molecule has 0 N–H and O–H groups in total. The van der Waals surface area contributed by atoms with Crippen LogP contribution in [0.3, 0.4) is 0 Å². The molecule has 1 aromatic carbocycles.